The van der Waals surface area contributed by atoms with Crippen LogP contribution in [-0.4, -0.2) is 65.8 Å². The van der Waals surface area contributed by atoms with Crippen molar-refractivity contribution in [3.8, 4) is 5.75 Å². The highest BCUT2D eigenvalue weighted by atomic mass is 16.5. The van der Waals surface area contributed by atoms with E-state index in [1.165, 1.54) is 0 Å². The number of rotatable bonds is 11. The third-order valence-corrected chi connectivity index (χ3v) is 6.90. The van der Waals surface area contributed by atoms with Gasteiger partial charge < -0.3 is 19.9 Å². The number of nitrogens with zero attached hydrogens (tertiary/aromatic N) is 3. The summed E-state index contributed by atoms with van der Waals surface area (Å²) < 4.78 is 5.53. The molecule has 0 aliphatic heterocycles. The maximum Gasteiger partial charge on any atom is 0.343 e. The minimum absolute atomic E-state index is 0.00233. The van der Waals surface area contributed by atoms with Crippen molar-refractivity contribution in [2.45, 2.75) is 19.8 Å². The van der Waals surface area contributed by atoms with E-state index in [0.717, 1.165) is 16.3 Å². The molecular formula is C32H34N4O4. The number of carbonyl (C=O) groups is 3. The molecule has 40 heavy (non-hydrogen) atoms. The summed E-state index contributed by atoms with van der Waals surface area (Å²) in [5, 5.41) is 5.05. The Kier molecular flexibility index (Phi) is 9.59. The Hall–Kier alpha value is -4.56. The molecule has 4 rings (SSSR count). The summed E-state index contributed by atoms with van der Waals surface area (Å²) in [7, 11) is 1.77. The second-order valence-electron chi connectivity index (χ2n) is 9.64. The zero-order valence-corrected chi connectivity index (χ0v) is 23.0. The van der Waals surface area contributed by atoms with Gasteiger partial charge in [-0.25, -0.2) is 4.79 Å². The smallest absolute Gasteiger partial charge is 0.343 e. The van der Waals surface area contributed by atoms with E-state index in [9.17, 15) is 14.4 Å². The van der Waals surface area contributed by atoms with Crippen LogP contribution in [0.5, 0.6) is 5.75 Å². The molecule has 2 amide bonds. The van der Waals surface area contributed by atoms with E-state index in [1.807, 2.05) is 49.4 Å². The van der Waals surface area contributed by atoms with E-state index in [2.05, 4.69) is 15.2 Å². The number of aromatic nitrogens is 1. The summed E-state index contributed by atoms with van der Waals surface area (Å²) in [4.78, 5) is 45.8. The van der Waals surface area contributed by atoms with Crippen LogP contribution in [0.1, 0.15) is 35.7 Å². The first kappa shape index (κ1) is 28.4. The summed E-state index contributed by atoms with van der Waals surface area (Å²) in [5.74, 6) is -0.705. The number of hydrogen-bond acceptors (Lipinski definition) is 6. The number of amides is 2. The molecule has 206 valence electrons. The number of pyridine rings is 1. The fourth-order valence-electron chi connectivity index (χ4n) is 4.32. The Morgan fingerprint density at radius 2 is 1.68 bits per heavy atom. The molecule has 1 N–H and O–H groups in total. The Morgan fingerprint density at radius 1 is 0.925 bits per heavy atom. The van der Waals surface area contributed by atoms with Gasteiger partial charge in [-0.2, -0.15) is 0 Å². The molecule has 1 atom stereocenters. The zero-order chi connectivity index (χ0) is 28.5. The topological polar surface area (TPSA) is 91.8 Å². The van der Waals surface area contributed by atoms with Crippen LogP contribution < -0.4 is 10.1 Å². The van der Waals surface area contributed by atoms with Crippen molar-refractivity contribution >= 4 is 34.2 Å². The second kappa shape index (κ2) is 13.5. The average molecular weight is 539 g/mol. The normalized spacial score (nSPS) is 11.7. The van der Waals surface area contributed by atoms with Crippen molar-refractivity contribution in [1.82, 2.24) is 14.8 Å². The van der Waals surface area contributed by atoms with Gasteiger partial charge in [-0.3, -0.25) is 14.6 Å². The summed E-state index contributed by atoms with van der Waals surface area (Å²) in [6.07, 6.45) is 3.51. The lowest BCUT2D eigenvalue weighted by Gasteiger charge is -2.28. The monoisotopic (exact) mass is 538 g/mol. The highest BCUT2D eigenvalue weighted by Crippen LogP contribution is 2.25. The average Bonchev–Trinajstić information content (AvgIpc) is 2.98. The summed E-state index contributed by atoms with van der Waals surface area (Å²) in [5.41, 5.74) is 1.95. The number of esters is 1. The molecule has 0 aliphatic carbocycles. The van der Waals surface area contributed by atoms with Crippen LogP contribution in [0.2, 0.25) is 0 Å². The quantitative estimate of drug-likeness (QED) is 0.214. The first-order chi connectivity index (χ1) is 19.3. The maximum atomic E-state index is 13.7. The second-order valence-corrected chi connectivity index (χ2v) is 9.64. The first-order valence-electron chi connectivity index (χ1n) is 13.3. The van der Waals surface area contributed by atoms with E-state index in [0.29, 0.717) is 43.2 Å². The summed E-state index contributed by atoms with van der Waals surface area (Å²) >= 11 is 0. The number of anilines is 1. The molecule has 1 unspecified atom stereocenters. The molecule has 8 heteroatoms. The van der Waals surface area contributed by atoms with Crippen molar-refractivity contribution in [3.63, 3.8) is 0 Å². The lowest BCUT2D eigenvalue weighted by Crippen LogP contribution is -2.39. The molecule has 0 saturated heterocycles. The highest BCUT2D eigenvalue weighted by Gasteiger charge is 2.24. The van der Waals surface area contributed by atoms with Crippen molar-refractivity contribution < 1.29 is 19.1 Å². The first-order valence-corrected chi connectivity index (χ1v) is 13.3. The molecule has 0 fully saturated rings. The lowest BCUT2D eigenvalue weighted by atomic mass is 9.96. The molecule has 0 saturated carbocycles. The number of nitrogens with one attached hydrogen (secondary N) is 1. The molecule has 8 nitrogen and oxygen atoms in total. The molecule has 4 aromatic rings. The van der Waals surface area contributed by atoms with E-state index in [1.54, 1.807) is 67.7 Å². The van der Waals surface area contributed by atoms with E-state index < -0.39 is 11.9 Å². The van der Waals surface area contributed by atoms with Crippen molar-refractivity contribution in [2.75, 3.05) is 38.5 Å². The zero-order valence-electron chi connectivity index (χ0n) is 23.0. The van der Waals surface area contributed by atoms with E-state index in [4.69, 9.17) is 4.74 Å². The fourth-order valence-corrected chi connectivity index (χ4v) is 4.32. The van der Waals surface area contributed by atoms with Crippen LogP contribution in [0.4, 0.5) is 5.69 Å². The minimum atomic E-state index is -0.505. The van der Waals surface area contributed by atoms with Gasteiger partial charge in [-0.1, -0.05) is 43.3 Å². The third kappa shape index (κ3) is 7.51. The van der Waals surface area contributed by atoms with Gasteiger partial charge in [0.25, 0.3) is 0 Å². The predicted molar refractivity (Wildman–Crippen MR) is 156 cm³/mol. The summed E-state index contributed by atoms with van der Waals surface area (Å²) in [6.45, 7) is 5.93. The van der Waals surface area contributed by atoms with Gasteiger partial charge >= 0.3 is 5.97 Å². The van der Waals surface area contributed by atoms with Gasteiger partial charge in [0.1, 0.15) is 5.75 Å². The van der Waals surface area contributed by atoms with Crippen LogP contribution in [-0.2, 0) is 9.59 Å². The number of fused-ring (bicyclic) bond motifs is 1. The number of ether oxygens (including phenoxy) is 1. The Bertz CT molecular complexity index is 1460. The van der Waals surface area contributed by atoms with Gasteiger partial charge in [-0.05, 0) is 60.0 Å². The molecule has 0 spiro atoms. The van der Waals surface area contributed by atoms with E-state index in [-0.39, 0.29) is 11.8 Å². The third-order valence-electron chi connectivity index (χ3n) is 6.90. The Labute approximate surface area is 234 Å². The van der Waals surface area contributed by atoms with Gasteiger partial charge in [0.05, 0.1) is 11.5 Å². The van der Waals surface area contributed by atoms with Gasteiger partial charge in [0.15, 0.2) is 0 Å². The molecular weight excluding hydrogens is 504 g/mol. The molecule has 0 bridgehead atoms. The predicted octanol–water partition coefficient (Wildman–Crippen LogP) is 4.98. The van der Waals surface area contributed by atoms with Crippen LogP contribution in [0.15, 0.2) is 91.3 Å². The van der Waals surface area contributed by atoms with Crippen molar-refractivity contribution in [1.29, 1.82) is 0 Å². The SMILES string of the molecule is CCN(CCN(C)C(C)=O)CC(C(=O)Nc1ccc2cnccc2c1)c1ccc(OC(=O)c2ccccc2)cc1. The van der Waals surface area contributed by atoms with Crippen molar-refractivity contribution in [3.05, 3.63) is 102 Å². The standard InChI is InChI=1S/C32H34N4O4/c1-4-36(19-18-35(3)23(2)37)22-30(31(38)34-28-13-10-27-21-33-17-16-26(27)20-28)24-11-14-29(15-12-24)40-32(39)25-8-6-5-7-9-25/h5-17,20-21,30H,4,18-19,22H2,1-3H3,(H,34,38). The molecule has 0 radical (unpaired) electrons. The minimum Gasteiger partial charge on any atom is -0.423 e. The van der Waals surface area contributed by atoms with Gasteiger partial charge in [-0.15, -0.1) is 0 Å². The number of carbonyl (C=O) groups excluding carboxylic acids is 3. The Morgan fingerprint density at radius 3 is 2.38 bits per heavy atom. The van der Waals surface area contributed by atoms with Crippen molar-refractivity contribution in [2.24, 2.45) is 0 Å². The highest BCUT2D eigenvalue weighted by molar-refractivity contribution is 5.98. The Balaban J connectivity index is 1.54. The van der Waals surface area contributed by atoms with Gasteiger partial charge in [0.2, 0.25) is 11.8 Å². The molecule has 1 heterocycles. The molecule has 0 aliphatic rings. The van der Waals surface area contributed by atoms with Gasteiger partial charge in [0, 0.05) is 57.1 Å². The van der Waals surface area contributed by atoms with Crippen LogP contribution in [0.25, 0.3) is 10.8 Å². The molecule has 1 aromatic heterocycles. The number of likely N-dealkylation sites (N-methyl/N-ethyl adjacent to an activating group) is 2. The summed E-state index contributed by atoms with van der Waals surface area (Å²) in [6, 6.07) is 23.5. The fraction of sp³-hybridized carbons (Fsp3) is 0.250. The van der Waals surface area contributed by atoms with Crippen LogP contribution in [0, 0.1) is 0 Å². The maximum absolute atomic E-state index is 13.7. The largest absolute Gasteiger partial charge is 0.423 e. The molecule has 3 aromatic carbocycles. The van der Waals surface area contributed by atoms with Crippen LogP contribution in [0.3, 0.4) is 0 Å². The van der Waals surface area contributed by atoms with E-state index >= 15 is 0 Å². The van der Waals surface area contributed by atoms with Crippen LogP contribution >= 0.6 is 0 Å². The number of benzene rings is 3. The number of hydrogen-bond donors (Lipinski definition) is 1. The lowest BCUT2D eigenvalue weighted by molar-refractivity contribution is -0.127.